The van der Waals surface area contributed by atoms with E-state index in [2.05, 4.69) is 58.4 Å². The highest BCUT2D eigenvalue weighted by Crippen LogP contribution is 2.18. The number of aromatic nitrogens is 1. The number of hydrogen-bond donors (Lipinski definition) is 2. The third-order valence-electron chi connectivity index (χ3n) is 4.35. The molecule has 6 nitrogen and oxygen atoms in total. The van der Waals surface area contributed by atoms with Gasteiger partial charge in [-0.2, -0.15) is 0 Å². The summed E-state index contributed by atoms with van der Waals surface area (Å²) in [6.07, 6.45) is 2.78. The van der Waals surface area contributed by atoms with Crippen LogP contribution in [0.3, 0.4) is 0 Å². The number of oxazole rings is 1. The zero-order chi connectivity index (χ0) is 18.8. The van der Waals surface area contributed by atoms with Crippen molar-refractivity contribution in [3.05, 3.63) is 41.8 Å². The number of aliphatic imine (C=N–C) groups is 1. The highest BCUT2D eigenvalue weighted by Gasteiger charge is 2.07. The number of guanidine groups is 1. The van der Waals surface area contributed by atoms with E-state index in [0.717, 1.165) is 49.8 Å². The Labute approximate surface area is 156 Å². The first-order chi connectivity index (χ1) is 12.7. The summed E-state index contributed by atoms with van der Waals surface area (Å²) in [6.45, 7) is 11.2. The van der Waals surface area contributed by atoms with Crippen molar-refractivity contribution in [1.82, 2.24) is 20.5 Å². The average Bonchev–Trinajstić information content (AvgIpc) is 3.14. The predicted octanol–water partition coefficient (Wildman–Crippen LogP) is 3.05. The van der Waals surface area contributed by atoms with Gasteiger partial charge in [0.1, 0.15) is 6.26 Å². The van der Waals surface area contributed by atoms with Crippen molar-refractivity contribution in [2.75, 3.05) is 33.2 Å². The maximum Gasteiger partial charge on any atom is 0.226 e. The molecular formula is C20H31N5O. The molecule has 1 aromatic carbocycles. The van der Waals surface area contributed by atoms with Crippen LogP contribution < -0.4 is 10.6 Å². The van der Waals surface area contributed by atoms with Gasteiger partial charge in [0, 0.05) is 19.2 Å². The number of benzene rings is 1. The molecular weight excluding hydrogens is 326 g/mol. The Balaban J connectivity index is 1.77. The molecule has 0 radical (unpaired) electrons. The smallest absolute Gasteiger partial charge is 0.226 e. The molecule has 0 aliphatic rings. The molecule has 26 heavy (non-hydrogen) atoms. The summed E-state index contributed by atoms with van der Waals surface area (Å²) in [7, 11) is 1.78. The van der Waals surface area contributed by atoms with E-state index in [0.29, 0.717) is 12.4 Å². The zero-order valence-corrected chi connectivity index (χ0v) is 16.4. The van der Waals surface area contributed by atoms with Gasteiger partial charge in [-0.25, -0.2) is 4.98 Å². The second-order valence-electron chi connectivity index (χ2n) is 6.24. The normalized spacial score (nSPS) is 11.8. The van der Waals surface area contributed by atoms with Crippen LogP contribution in [-0.2, 0) is 6.54 Å². The van der Waals surface area contributed by atoms with Gasteiger partial charge in [-0.1, -0.05) is 31.5 Å². The van der Waals surface area contributed by atoms with E-state index in [1.54, 1.807) is 13.3 Å². The Bertz CT molecular complexity index is 674. The first-order valence-corrected chi connectivity index (χ1v) is 9.34. The van der Waals surface area contributed by atoms with Crippen LogP contribution in [0.2, 0.25) is 0 Å². The van der Waals surface area contributed by atoms with Gasteiger partial charge in [-0.05, 0) is 45.1 Å². The lowest BCUT2D eigenvalue weighted by atomic mass is 10.1. The number of hydrogen-bond acceptors (Lipinski definition) is 4. The molecule has 0 bridgehead atoms. The monoisotopic (exact) mass is 357 g/mol. The standard InChI is InChI=1S/C20H31N5O/c1-5-25(6-2)13-7-12-22-20(21-4)23-14-18-15-26-19(24-18)17-10-8-16(3)9-11-17/h8-11,15H,5-7,12-14H2,1-4H3,(H2,21,22,23). The van der Waals surface area contributed by atoms with Crippen LogP contribution in [0.25, 0.3) is 11.5 Å². The maximum atomic E-state index is 5.59. The van der Waals surface area contributed by atoms with Crippen molar-refractivity contribution in [3.63, 3.8) is 0 Å². The van der Waals surface area contributed by atoms with Gasteiger partial charge in [-0.15, -0.1) is 0 Å². The van der Waals surface area contributed by atoms with Gasteiger partial charge in [0.25, 0.3) is 0 Å². The van der Waals surface area contributed by atoms with Crippen molar-refractivity contribution < 1.29 is 4.42 Å². The summed E-state index contributed by atoms with van der Waals surface area (Å²) in [5.74, 6) is 1.42. The molecule has 0 amide bonds. The van der Waals surface area contributed by atoms with Crippen molar-refractivity contribution in [3.8, 4) is 11.5 Å². The van der Waals surface area contributed by atoms with E-state index in [-0.39, 0.29) is 0 Å². The van der Waals surface area contributed by atoms with Crippen molar-refractivity contribution in [2.24, 2.45) is 4.99 Å². The fourth-order valence-corrected chi connectivity index (χ4v) is 2.66. The van der Waals surface area contributed by atoms with Crippen molar-refractivity contribution in [1.29, 1.82) is 0 Å². The average molecular weight is 358 g/mol. The van der Waals surface area contributed by atoms with Crippen molar-refractivity contribution in [2.45, 2.75) is 33.7 Å². The molecule has 0 atom stereocenters. The first kappa shape index (κ1) is 20.0. The number of rotatable bonds is 9. The fourth-order valence-electron chi connectivity index (χ4n) is 2.66. The molecule has 0 saturated carbocycles. The lowest BCUT2D eigenvalue weighted by Crippen LogP contribution is -2.38. The third-order valence-corrected chi connectivity index (χ3v) is 4.35. The summed E-state index contributed by atoms with van der Waals surface area (Å²) in [4.78, 5) is 11.2. The molecule has 0 aliphatic heterocycles. The largest absolute Gasteiger partial charge is 0.444 e. The molecule has 0 spiro atoms. The van der Waals surface area contributed by atoms with Crippen LogP contribution in [0.1, 0.15) is 31.5 Å². The van der Waals surface area contributed by atoms with E-state index >= 15 is 0 Å². The number of nitrogens with zero attached hydrogens (tertiary/aromatic N) is 3. The lowest BCUT2D eigenvalue weighted by Gasteiger charge is -2.18. The topological polar surface area (TPSA) is 65.7 Å². The van der Waals surface area contributed by atoms with Gasteiger partial charge in [0.05, 0.1) is 12.2 Å². The van der Waals surface area contributed by atoms with E-state index in [9.17, 15) is 0 Å². The Hall–Kier alpha value is -2.34. The molecule has 6 heteroatoms. The maximum absolute atomic E-state index is 5.59. The minimum Gasteiger partial charge on any atom is -0.444 e. The van der Waals surface area contributed by atoms with Gasteiger partial charge in [0.2, 0.25) is 5.89 Å². The minimum atomic E-state index is 0.574. The van der Waals surface area contributed by atoms with Crippen LogP contribution in [-0.4, -0.2) is 49.1 Å². The highest BCUT2D eigenvalue weighted by atomic mass is 16.3. The predicted molar refractivity (Wildman–Crippen MR) is 107 cm³/mol. The van der Waals surface area contributed by atoms with Crippen LogP contribution in [0.5, 0.6) is 0 Å². The lowest BCUT2D eigenvalue weighted by molar-refractivity contribution is 0.300. The second-order valence-corrected chi connectivity index (χ2v) is 6.24. The first-order valence-electron chi connectivity index (χ1n) is 9.34. The highest BCUT2D eigenvalue weighted by molar-refractivity contribution is 5.79. The Morgan fingerprint density at radius 2 is 1.88 bits per heavy atom. The number of nitrogens with one attached hydrogen (secondary N) is 2. The third kappa shape index (κ3) is 6.19. The second kappa shape index (κ2) is 10.6. The molecule has 1 aromatic heterocycles. The van der Waals surface area contributed by atoms with Gasteiger partial charge >= 0.3 is 0 Å². The molecule has 2 N–H and O–H groups in total. The molecule has 2 aromatic rings. The summed E-state index contributed by atoms with van der Waals surface area (Å²) >= 11 is 0. The van der Waals surface area contributed by atoms with Crippen molar-refractivity contribution >= 4 is 5.96 Å². The van der Waals surface area contributed by atoms with Crippen LogP contribution in [0, 0.1) is 6.92 Å². The Morgan fingerprint density at radius 3 is 2.54 bits per heavy atom. The van der Waals surface area contributed by atoms with E-state index in [1.165, 1.54) is 5.56 Å². The van der Waals surface area contributed by atoms with E-state index < -0.39 is 0 Å². The van der Waals surface area contributed by atoms with Crippen LogP contribution >= 0.6 is 0 Å². The summed E-state index contributed by atoms with van der Waals surface area (Å²) in [5, 5.41) is 6.62. The molecule has 0 saturated heterocycles. The number of aryl methyl sites for hydroxylation is 1. The Kier molecular flexibility index (Phi) is 8.15. The molecule has 142 valence electrons. The minimum absolute atomic E-state index is 0.574. The summed E-state index contributed by atoms with van der Waals surface area (Å²) in [6, 6.07) is 8.16. The summed E-state index contributed by atoms with van der Waals surface area (Å²) in [5.41, 5.74) is 3.06. The van der Waals surface area contributed by atoms with Gasteiger partial charge in [0.15, 0.2) is 5.96 Å². The van der Waals surface area contributed by atoms with Crippen LogP contribution in [0.15, 0.2) is 39.9 Å². The van der Waals surface area contributed by atoms with Gasteiger partial charge < -0.3 is 20.0 Å². The SMILES string of the molecule is CCN(CC)CCCNC(=NC)NCc1coc(-c2ccc(C)cc2)n1. The molecule has 0 aliphatic carbocycles. The Morgan fingerprint density at radius 1 is 1.15 bits per heavy atom. The zero-order valence-electron chi connectivity index (χ0n) is 16.4. The van der Waals surface area contributed by atoms with E-state index in [4.69, 9.17) is 4.42 Å². The van der Waals surface area contributed by atoms with Crippen LogP contribution in [0.4, 0.5) is 0 Å². The molecule has 0 fully saturated rings. The molecule has 1 heterocycles. The fraction of sp³-hybridized carbons (Fsp3) is 0.500. The molecule has 0 unspecified atom stereocenters. The van der Waals surface area contributed by atoms with Gasteiger partial charge in [-0.3, -0.25) is 4.99 Å². The summed E-state index contributed by atoms with van der Waals surface area (Å²) < 4.78 is 5.59. The van der Waals surface area contributed by atoms with E-state index in [1.807, 2.05) is 12.1 Å². The molecule has 2 rings (SSSR count). The quantitative estimate of drug-likeness (QED) is 0.410.